The van der Waals surface area contributed by atoms with Gasteiger partial charge in [0.05, 0.1) is 12.5 Å². The van der Waals surface area contributed by atoms with Crippen LogP contribution in [0, 0.1) is 5.92 Å². The maximum Gasteiger partial charge on any atom is 0.0934 e. The highest BCUT2D eigenvalue weighted by Crippen LogP contribution is 2.18. The maximum atomic E-state index is 5.05. The van der Waals surface area contributed by atoms with Crippen LogP contribution in [0.1, 0.15) is 31.7 Å². The van der Waals surface area contributed by atoms with E-state index >= 15 is 0 Å². The van der Waals surface area contributed by atoms with Crippen molar-refractivity contribution < 1.29 is 4.42 Å². The van der Waals surface area contributed by atoms with Crippen molar-refractivity contribution in [3.63, 3.8) is 0 Å². The minimum absolute atomic E-state index is 0.702. The summed E-state index contributed by atoms with van der Waals surface area (Å²) in [5.74, 6) is 0.702. The summed E-state index contributed by atoms with van der Waals surface area (Å²) in [5.41, 5.74) is 1.31. The average Bonchev–Trinajstić information content (AvgIpc) is 2.54. The zero-order valence-electron chi connectivity index (χ0n) is 8.83. The van der Waals surface area contributed by atoms with Gasteiger partial charge in [0.1, 0.15) is 0 Å². The molecule has 2 nitrogen and oxygen atoms in total. The molecule has 1 aromatic rings. The lowest BCUT2D eigenvalue weighted by molar-refractivity contribution is 0.320. The van der Waals surface area contributed by atoms with Gasteiger partial charge in [-0.1, -0.05) is 13.3 Å². The van der Waals surface area contributed by atoms with Crippen LogP contribution in [-0.2, 0) is 6.42 Å². The molecule has 1 fully saturated rings. The molecular formula is C12H19NO. The minimum Gasteiger partial charge on any atom is -0.472 e. The third-order valence-electron chi connectivity index (χ3n) is 3.02. The zero-order valence-corrected chi connectivity index (χ0v) is 8.83. The number of hydrogen-bond donors (Lipinski definition) is 1. The molecule has 1 aromatic heterocycles. The molecule has 1 aliphatic carbocycles. The van der Waals surface area contributed by atoms with E-state index in [2.05, 4.69) is 18.3 Å². The molecule has 0 aromatic carbocycles. The van der Waals surface area contributed by atoms with Crippen LogP contribution < -0.4 is 5.32 Å². The highest BCUT2D eigenvalue weighted by atomic mass is 16.3. The van der Waals surface area contributed by atoms with Crippen molar-refractivity contribution in [1.82, 2.24) is 5.32 Å². The van der Waals surface area contributed by atoms with Gasteiger partial charge >= 0.3 is 0 Å². The smallest absolute Gasteiger partial charge is 0.0934 e. The molecular weight excluding hydrogens is 174 g/mol. The number of nitrogens with one attached hydrogen (secondary N) is 1. The van der Waals surface area contributed by atoms with Gasteiger partial charge in [0, 0.05) is 6.04 Å². The quantitative estimate of drug-likeness (QED) is 0.777. The van der Waals surface area contributed by atoms with Gasteiger partial charge in [-0.15, -0.1) is 0 Å². The molecule has 1 saturated carbocycles. The molecule has 1 N–H and O–H groups in total. The Kier molecular flexibility index (Phi) is 3.25. The van der Waals surface area contributed by atoms with Gasteiger partial charge in [0.25, 0.3) is 0 Å². The van der Waals surface area contributed by atoms with Crippen molar-refractivity contribution in [3.8, 4) is 0 Å². The first-order valence-electron chi connectivity index (χ1n) is 5.59. The van der Waals surface area contributed by atoms with Crippen LogP contribution in [0.15, 0.2) is 23.0 Å². The molecule has 0 aliphatic heterocycles. The highest BCUT2D eigenvalue weighted by molar-refractivity contribution is 5.06. The van der Waals surface area contributed by atoms with Gasteiger partial charge in [0.2, 0.25) is 0 Å². The lowest BCUT2D eigenvalue weighted by Gasteiger charge is -2.28. The molecule has 0 saturated heterocycles. The Hall–Kier alpha value is -0.760. The van der Waals surface area contributed by atoms with Crippen molar-refractivity contribution in [2.45, 2.75) is 38.6 Å². The van der Waals surface area contributed by atoms with E-state index in [0.717, 1.165) is 19.0 Å². The third-order valence-corrected chi connectivity index (χ3v) is 3.02. The normalized spacial score (nSPS) is 19.2. The Morgan fingerprint density at radius 1 is 1.57 bits per heavy atom. The molecule has 1 atom stereocenters. The van der Waals surface area contributed by atoms with E-state index < -0.39 is 0 Å². The second-order valence-corrected chi connectivity index (χ2v) is 4.48. The highest BCUT2D eigenvalue weighted by Gasteiger charge is 2.17. The van der Waals surface area contributed by atoms with E-state index in [9.17, 15) is 0 Å². The lowest BCUT2D eigenvalue weighted by atomic mass is 9.92. The topological polar surface area (TPSA) is 25.2 Å². The predicted octanol–water partition coefficient (Wildman–Crippen LogP) is 2.60. The van der Waals surface area contributed by atoms with E-state index in [1.807, 2.05) is 6.26 Å². The molecule has 2 heteroatoms. The van der Waals surface area contributed by atoms with E-state index in [1.54, 1.807) is 6.26 Å². The number of furan rings is 1. The van der Waals surface area contributed by atoms with Gasteiger partial charge in [-0.3, -0.25) is 0 Å². The summed E-state index contributed by atoms with van der Waals surface area (Å²) in [6.45, 7) is 3.43. The van der Waals surface area contributed by atoms with Crippen LogP contribution >= 0.6 is 0 Å². The molecule has 0 bridgehead atoms. The molecule has 0 radical (unpaired) electrons. The number of hydrogen-bond acceptors (Lipinski definition) is 2. The summed E-state index contributed by atoms with van der Waals surface area (Å²) in [6.07, 6.45) is 8.88. The zero-order chi connectivity index (χ0) is 9.80. The van der Waals surface area contributed by atoms with Crippen LogP contribution in [0.2, 0.25) is 0 Å². The van der Waals surface area contributed by atoms with Crippen LogP contribution in [0.3, 0.4) is 0 Å². The first-order valence-corrected chi connectivity index (χ1v) is 5.59. The summed E-state index contributed by atoms with van der Waals surface area (Å²) < 4.78 is 5.05. The lowest BCUT2D eigenvalue weighted by Crippen LogP contribution is -2.38. The predicted molar refractivity (Wildman–Crippen MR) is 57.2 cm³/mol. The van der Waals surface area contributed by atoms with Crippen molar-refractivity contribution in [2.24, 2.45) is 5.92 Å². The summed E-state index contributed by atoms with van der Waals surface area (Å²) >= 11 is 0. The van der Waals surface area contributed by atoms with Gasteiger partial charge in [-0.2, -0.15) is 0 Å². The summed E-state index contributed by atoms with van der Waals surface area (Å²) in [4.78, 5) is 0. The Balaban J connectivity index is 1.65. The molecule has 0 spiro atoms. The first kappa shape index (κ1) is 9.78. The van der Waals surface area contributed by atoms with Gasteiger partial charge in [-0.25, -0.2) is 0 Å². The molecule has 2 rings (SSSR count). The fourth-order valence-electron chi connectivity index (χ4n) is 1.86. The molecule has 1 unspecified atom stereocenters. The van der Waals surface area contributed by atoms with E-state index in [-0.39, 0.29) is 0 Å². The van der Waals surface area contributed by atoms with Crippen LogP contribution in [-0.4, -0.2) is 12.6 Å². The van der Waals surface area contributed by atoms with E-state index in [4.69, 9.17) is 4.42 Å². The van der Waals surface area contributed by atoms with Gasteiger partial charge in [-0.05, 0) is 43.4 Å². The Labute approximate surface area is 85.7 Å². The fraction of sp³-hybridized carbons (Fsp3) is 0.667. The SMILES string of the molecule is CC(CNC1CCC1)Cc1ccoc1. The Morgan fingerprint density at radius 3 is 3.00 bits per heavy atom. The van der Waals surface area contributed by atoms with Crippen molar-refractivity contribution >= 4 is 0 Å². The van der Waals surface area contributed by atoms with Gasteiger partial charge in [0.15, 0.2) is 0 Å². The van der Waals surface area contributed by atoms with Crippen LogP contribution in [0.5, 0.6) is 0 Å². The molecule has 78 valence electrons. The Bertz CT molecular complexity index is 251. The standard InChI is InChI=1S/C12H19NO/c1-10(7-11-5-6-14-9-11)8-13-12-3-2-4-12/h5-6,9-10,12-13H,2-4,7-8H2,1H3. The summed E-state index contributed by atoms with van der Waals surface area (Å²) in [5, 5.41) is 3.60. The van der Waals surface area contributed by atoms with Gasteiger partial charge < -0.3 is 9.73 Å². The largest absolute Gasteiger partial charge is 0.472 e. The van der Waals surface area contributed by atoms with E-state index in [1.165, 1.54) is 24.8 Å². The molecule has 14 heavy (non-hydrogen) atoms. The fourth-order valence-corrected chi connectivity index (χ4v) is 1.86. The molecule has 0 amide bonds. The molecule has 1 aliphatic rings. The second-order valence-electron chi connectivity index (χ2n) is 4.48. The summed E-state index contributed by atoms with van der Waals surface area (Å²) in [6, 6.07) is 2.86. The Morgan fingerprint density at radius 2 is 2.43 bits per heavy atom. The average molecular weight is 193 g/mol. The van der Waals surface area contributed by atoms with Crippen molar-refractivity contribution in [3.05, 3.63) is 24.2 Å². The summed E-state index contributed by atoms with van der Waals surface area (Å²) in [7, 11) is 0. The minimum atomic E-state index is 0.702. The van der Waals surface area contributed by atoms with Crippen molar-refractivity contribution in [2.75, 3.05) is 6.54 Å². The van der Waals surface area contributed by atoms with E-state index in [0.29, 0.717) is 5.92 Å². The number of rotatable bonds is 5. The second kappa shape index (κ2) is 4.65. The third kappa shape index (κ3) is 2.61. The molecule has 1 heterocycles. The monoisotopic (exact) mass is 193 g/mol. The van der Waals surface area contributed by atoms with Crippen molar-refractivity contribution in [1.29, 1.82) is 0 Å². The van der Waals surface area contributed by atoms with Crippen LogP contribution in [0.25, 0.3) is 0 Å². The van der Waals surface area contributed by atoms with Crippen LogP contribution in [0.4, 0.5) is 0 Å². The first-order chi connectivity index (χ1) is 6.84. The maximum absolute atomic E-state index is 5.05.